The van der Waals surface area contributed by atoms with Crippen molar-refractivity contribution < 1.29 is 8.78 Å². The predicted octanol–water partition coefficient (Wildman–Crippen LogP) is 3.83. The Kier molecular flexibility index (Phi) is 3.48. The second-order valence-electron chi connectivity index (χ2n) is 5.00. The highest BCUT2D eigenvalue weighted by atomic mass is 79.9. The van der Waals surface area contributed by atoms with Gasteiger partial charge in [0.2, 0.25) is 0 Å². The van der Waals surface area contributed by atoms with Crippen LogP contribution in [0.1, 0.15) is 16.7 Å². The second-order valence-corrected chi connectivity index (χ2v) is 5.85. The third-order valence-corrected chi connectivity index (χ3v) is 4.15. The van der Waals surface area contributed by atoms with E-state index in [0.717, 1.165) is 11.1 Å². The number of rotatable bonds is 2. The van der Waals surface area contributed by atoms with Gasteiger partial charge in [-0.25, -0.2) is 8.78 Å². The highest BCUT2D eigenvalue weighted by Gasteiger charge is 2.22. The first-order chi connectivity index (χ1) is 9.54. The molecule has 3 rings (SSSR count). The highest BCUT2D eigenvalue weighted by molar-refractivity contribution is 9.10. The molecule has 0 atom stereocenters. The molecule has 2 aromatic rings. The monoisotopic (exact) mass is 338 g/mol. The lowest BCUT2D eigenvalue weighted by Crippen LogP contribution is -2.17. The maximum atomic E-state index is 14.0. The third kappa shape index (κ3) is 2.43. The average molecular weight is 339 g/mol. The fourth-order valence-electron chi connectivity index (χ4n) is 2.53. The summed E-state index contributed by atoms with van der Waals surface area (Å²) in [6.07, 6.45) is 0. The summed E-state index contributed by atoms with van der Waals surface area (Å²) >= 11 is 3.09. The van der Waals surface area contributed by atoms with E-state index in [1.807, 2.05) is 23.1 Å². The summed E-state index contributed by atoms with van der Waals surface area (Å²) in [4.78, 5) is 2.00. The van der Waals surface area contributed by atoms with E-state index in [2.05, 4.69) is 15.9 Å². The van der Waals surface area contributed by atoms with Crippen LogP contribution >= 0.6 is 15.9 Å². The van der Waals surface area contributed by atoms with Crippen LogP contribution in [0.3, 0.4) is 0 Å². The van der Waals surface area contributed by atoms with Gasteiger partial charge >= 0.3 is 0 Å². The van der Waals surface area contributed by atoms with E-state index in [4.69, 9.17) is 5.73 Å². The zero-order valence-electron chi connectivity index (χ0n) is 10.7. The lowest BCUT2D eigenvalue weighted by atomic mass is 10.1. The van der Waals surface area contributed by atoms with Gasteiger partial charge in [-0.2, -0.15) is 0 Å². The Hall–Kier alpha value is -1.46. The van der Waals surface area contributed by atoms with E-state index in [9.17, 15) is 8.78 Å². The number of fused-ring (bicyclic) bond motifs is 1. The van der Waals surface area contributed by atoms with Crippen molar-refractivity contribution in [1.82, 2.24) is 4.90 Å². The van der Waals surface area contributed by atoms with Crippen LogP contribution in [0.4, 0.5) is 14.5 Å². The first-order valence-electron chi connectivity index (χ1n) is 6.26. The number of halogens is 3. The van der Waals surface area contributed by atoms with Gasteiger partial charge in [-0.3, -0.25) is 4.90 Å². The molecule has 0 saturated heterocycles. The molecule has 0 spiro atoms. The molecule has 2 aromatic carbocycles. The van der Waals surface area contributed by atoms with E-state index < -0.39 is 11.6 Å². The molecule has 0 saturated carbocycles. The Morgan fingerprint density at radius 2 is 1.85 bits per heavy atom. The zero-order valence-corrected chi connectivity index (χ0v) is 12.3. The first kappa shape index (κ1) is 13.5. The third-order valence-electron chi connectivity index (χ3n) is 3.54. The van der Waals surface area contributed by atoms with Crippen LogP contribution in [0.2, 0.25) is 0 Å². The van der Waals surface area contributed by atoms with Crippen LogP contribution in [-0.4, -0.2) is 4.90 Å². The molecule has 104 valence electrons. The van der Waals surface area contributed by atoms with E-state index in [1.165, 1.54) is 12.1 Å². The summed E-state index contributed by atoms with van der Waals surface area (Å²) in [5.41, 5.74) is 8.85. The molecule has 0 unspecified atom stereocenters. The minimum absolute atomic E-state index is 0.0974. The van der Waals surface area contributed by atoms with Gasteiger partial charge in [-0.05, 0) is 51.3 Å². The number of nitrogen functional groups attached to an aromatic ring is 1. The van der Waals surface area contributed by atoms with Crippen LogP contribution < -0.4 is 5.73 Å². The van der Waals surface area contributed by atoms with Gasteiger partial charge in [0.05, 0.1) is 4.47 Å². The van der Waals surface area contributed by atoms with Gasteiger partial charge in [0.1, 0.15) is 11.6 Å². The van der Waals surface area contributed by atoms with Crippen LogP contribution in [0.25, 0.3) is 0 Å². The summed E-state index contributed by atoms with van der Waals surface area (Å²) < 4.78 is 28.0. The first-order valence-corrected chi connectivity index (χ1v) is 7.06. The summed E-state index contributed by atoms with van der Waals surface area (Å²) in [7, 11) is 0. The van der Waals surface area contributed by atoms with Crippen molar-refractivity contribution in [2.24, 2.45) is 0 Å². The van der Waals surface area contributed by atoms with Crippen molar-refractivity contribution >= 4 is 21.6 Å². The van der Waals surface area contributed by atoms with Gasteiger partial charge in [0, 0.05) is 30.9 Å². The van der Waals surface area contributed by atoms with Gasteiger partial charge in [-0.15, -0.1) is 0 Å². The summed E-state index contributed by atoms with van der Waals surface area (Å²) in [5, 5.41) is 0. The molecule has 0 amide bonds. The molecule has 0 aromatic heterocycles. The molecule has 2 nitrogen and oxygen atoms in total. The minimum Gasteiger partial charge on any atom is -0.399 e. The fraction of sp³-hybridized carbons (Fsp3) is 0.200. The number of hydrogen-bond donors (Lipinski definition) is 1. The topological polar surface area (TPSA) is 29.3 Å². The summed E-state index contributed by atoms with van der Waals surface area (Å²) in [6.45, 7) is 1.58. The molecule has 1 aliphatic heterocycles. The molecule has 20 heavy (non-hydrogen) atoms. The summed E-state index contributed by atoms with van der Waals surface area (Å²) in [5.74, 6) is -1.04. The number of nitrogens with zero attached hydrogens (tertiary/aromatic N) is 1. The van der Waals surface area contributed by atoms with Crippen LogP contribution in [0.15, 0.2) is 34.8 Å². The molecule has 1 heterocycles. The highest BCUT2D eigenvalue weighted by Crippen LogP contribution is 2.28. The summed E-state index contributed by atoms with van der Waals surface area (Å²) in [6, 6.07) is 8.40. The van der Waals surface area contributed by atoms with Crippen molar-refractivity contribution in [3.05, 3.63) is 63.1 Å². The lowest BCUT2D eigenvalue weighted by molar-refractivity contribution is 0.266. The maximum Gasteiger partial charge on any atom is 0.144 e. The minimum atomic E-state index is -0.527. The fourth-order valence-corrected chi connectivity index (χ4v) is 2.91. The van der Waals surface area contributed by atoms with Crippen molar-refractivity contribution in [3.8, 4) is 0 Å². The normalized spacial score (nSPS) is 14.6. The van der Waals surface area contributed by atoms with E-state index in [-0.39, 0.29) is 16.6 Å². The van der Waals surface area contributed by atoms with E-state index in [0.29, 0.717) is 18.8 Å². The largest absolute Gasteiger partial charge is 0.399 e. The van der Waals surface area contributed by atoms with E-state index >= 15 is 0 Å². The SMILES string of the molecule is Nc1ccc2c(c1)CN(Cc1c(F)ccc(Br)c1F)C2. The Balaban J connectivity index is 1.83. The van der Waals surface area contributed by atoms with Crippen LogP contribution in [0.5, 0.6) is 0 Å². The molecular formula is C15H13BrF2N2. The molecule has 0 fully saturated rings. The predicted molar refractivity (Wildman–Crippen MR) is 77.9 cm³/mol. The molecule has 0 aliphatic carbocycles. The van der Waals surface area contributed by atoms with Gasteiger partial charge in [0.15, 0.2) is 0 Å². The van der Waals surface area contributed by atoms with Crippen molar-refractivity contribution in [2.75, 3.05) is 5.73 Å². The van der Waals surface area contributed by atoms with Crippen LogP contribution in [0, 0.1) is 11.6 Å². The number of hydrogen-bond acceptors (Lipinski definition) is 2. The number of nitrogens with two attached hydrogens (primary N) is 1. The number of benzene rings is 2. The Labute approximate surface area is 124 Å². The van der Waals surface area contributed by atoms with Crippen molar-refractivity contribution in [3.63, 3.8) is 0 Å². The second kappa shape index (κ2) is 5.14. The van der Waals surface area contributed by atoms with Gasteiger partial charge < -0.3 is 5.73 Å². The van der Waals surface area contributed by atoms with Gasteiger partial charge in [-0.1, -0.05) is 6.07 Å². The van der Waals surface area contributed by atoms with E-state index in [1.54, 1.807) is 0 Å². The average Bonchev–Trinajstić information content (AvgIpc) is 2.81. The van der Waals surface area contributed by atoms with Crippen LogP contribution in [-0.2, 0) is 19.6 Å². The standard InChI is InChI=1S/C15H13BrF2N2/c16-13-3-4-14(17)12(15(13)18)8-20-6-9-1-2-11(19)5-10(9)7-20/h1-5H,6-8,19H2. The Morgan fingerprint density at radius 1 is 1.10 bits per heavy atom. The zero-order chi connectivity index (χ0) is 14.3. The van der Waals surface area contributed by atoms with Crippen molar-refractivity contribution in [1.29, 1.82) is 0 Å². The molecule has 1 aliphatic rings. The smallest absolute Gasteiger partial charge is 0.144 e. The molecular weight excluding hydrogens is 326 g/mol. The molecule has 0 radical (unpaired) electrons. The molecule has 5 heteroatoms. The quantitative estimate of drug-likeness (QED) is 0.666. The van der Waals surface area contributed by atoms with Crippen molar-refractivity contribution in [2.45, 2.75) is 19.6 Å². The maximum absolute atomic E-state index is 14.0. The number of anilines is 1. The molecule has 2 N–H and O–H groups in total. The molecule has 0 bridgehead atoms. The Morgan fingerprint density at radius 3 is 2.65 bits per heavy atom. The van der Waals surface area contributed by atoms with Gasteiger partial charge in [0.25, 0.3) is 0 Å². The Bertz CT molecular complexity index is 673. The lowest BCUT2D eigenvalue weighted by Gasteiger charge is -2.16.